The molecule has 1 amide bonds. The monoisotopic (exact) mass is 369 g/mol. The Morgan fingerprint density at radius 2 is 2.00 bits per heavy atom. The molecule has 3 rings (SSSR count). The Bertz CT molecular complexity index is 810. The molecule has 0 aliphatic rings. The topological polar surface area (TPSA) is 54.9 Å². The summed E-state index contributed by atoms with van der Waals surface area (Å²) in [7, 11) is 0. The molecule has 22 heavy (non-hydrogen) atoms. The second-order valence-electron chi connectivity index (χ2n) is 4.32. The summed E-state index contributed by atoms with van der Waals surface area (Å²) in [5.74, 6) is -0.237. The van der Waals surface area contributed by atoms with Gasteiger partial charge in [-0.25, -0.2) is 9.97 Å². The summed E-state index contributed by atoms with van der Waals surface area (Å²) in [4.78, 5) is 21.3. The molecule has 0 atom stereocenters. The molecule has 2 heterocycles. The Balaban J connectivity index is 1.96. The predicted octanol–water partition coefficient (Wildman–Crippen LogP) is 5.13. The minimum absolute atomic E-state index is 0.237. The first-order valence-corrected chi connectivity index (χ1v) is 8.64. The number of hydrogen-bond donors (Lipinski definition) is 1. The zero-order chi connectivity index (χ0) is 15.7. The maximum absolute atomic E-state index is 12.3. The molecule has 0 fully saturated rings. The van der Waals surface area contributed by atoms with Crippen LogP contribution in [0.4, 0.5) is 5.13 Å². The van der Waals surface area contributed by atoms with Crippen LogP contribution < -0.4 is 5.32 Å². The first kappa shape index (κ1) is 15.4. The van der Waals surface area contributed by atoms with E-state index in [1.807, 2.05) is 0 Å². The number of halogens is 2. The van der Waals surface area contributed by atoms with Crippen LogP contribution in [0.1, 0.15) is 15.4 Å². The second kappa shape index (κ2) is 6.34. The molecule has 0 saturated carbocycles. The fourth-order valence-corrected chi connectivity index (χ4v) is 4.10. The molecule has 0 aliphatic heterocycles. The third kappa shape index (κ3) is 3.01. The van der Waals surface area contributed by atoms with Crippen molar-refractivity contribution < 1.29 is 4.79 Å². The average Bonchev–Trinajstić information content (AvgIpc) is 3.08. The van der Waals surface area contributed by atoms with Crippen LogP contribution in [0.25, 0.3) is 10.6 Å². The van der Waals surface area contributed by atoms with E-state index in [0.29, 0.717) is 36.3 Å². The molecule has 2 aromatic heterocycles. The first-order chi connectivity index (χ1) is 10.6. The van der Waals surface area contributed by atoms with Gasteiger partial charge in [0.2, 0.25) is 0 Å². The van der Waals surface area contributed by atoms with Gasteiger partial charge in [-0.1, -0.05) is 29.3 Å². The Morgan fingerprint density at radius 1 is 1.27 bits per heavy atom. The van der Waals surface area contributed by atoms with Crippen molar-refractivity contribution >= 4 is 56.9 Å². The molecule has 0 aliphatic carbocycles. The maximum atomic E-state index is 12.3. The molecule has 112 valence electrons. The number of carbonyl (C=O) groups is 1. The molecule has 0 spiro atoms. The van der Waals surface area contributed by atoms with Crippen molar-refractivity contribution in [3.05, 3.63) is 50.4 Å². The van der Waals surface area contributed by atoms with E-state index in [2.05, 4.69) is 15.3 Å². The van der Waals surface area contributed by atoms with Gasteiger partial charge in [0.25, 0.3) is 5.91 Å². The highest BCUT2D eigenvalue weighted by atomic mass is 35.5. The number of nitrogens with one attached hydrogen (secondary N) is 1. The highest BCUT2D eigenvalue weighted by molar-refractivity contribution is 7.17. The van der Waals surface area contributed by atoms with E-state index >= 15 is 0 Å². The number of amides is 1. The number of benzene rings is 1. The Morgan fingerprint density at radius 3 is 2.64 bits per heavy atom. The fraction of sp³-hybridized carbons (Fsp3) is 0.0714. The lowest BCUT2D eigenvalue weighted by Crippen LogP contribution is -2.11. The smallest absolute Gasteiger partial charge is 0.269 e. The van der Waals surface area contributed by atoms with Gasteiger partial charge in [0.15, 0.2) is 5.13 Å². The summed E-state index contributed by atoms with van der Waals surface area (Å²) >= 11 is 15.0. The molecule has 4 nitrogen and oxygen atoms in total. The van der Waals surface area contributed by atoms with Gasteiger partial charge in [0, 0.05) is 17.1 Å². The van der Waals surface area contributed by atoms with Gasteiger partial charge in [0.1, 0.15) is 9.88 Å². The molecule has 0 bridgehead atoms. The van der Waals surface area contributed by atoms with Gasteiger partial charge in [0.05, 0.1) is 15.7 Å². The molecule has 0 unspecified atom stereocenters. The van der Waals surface area contributed by atoms with Crippen LogP contribution in [0.3, 0.4) is 0 Å². The van der Waals surface area contributed by atoms with Gasteiger partial charge in [-0.15, -0.1) is 22.7 Å². The number of nitrogens with zero attached hydrogens (tertiary/aromatic N) is 2. The van der Waals surface area contributed by atoms with Crippen LogP contribution in [0.2, 0.25) is 10.0 Å². The number of aryl methyl sites for hydroxylation is 1. The third-order valence-electron chi connectivity index (χ3n) is 2.83. The van der Waals surface area contributed by atoms with Crippen LogP contribution in [0.5, 0.6) is 0 Å². The zero-order valence-electron chi connectivity index (χ0n) is 11.3. The van der Waals surface area contributed by atoms with Gasteiger partial charge in [-0.05, 0) is 19.1 Å². The SMILES string of the molecule is Cc1nc(-c2c(Cl)cccc2Cl)sc1C(=O)Nc1nccs1. The fourth-order valence-electron chi connectivity index (χ4n) is 1.86. The number of anilines is 1. The summed E-state index contributed by atoms with van der Waals surface area (Å²) in [6.45, 7) is 1.78. The predicted molar refractivity (Wildman–Crippen MR) is 92.4 cm³/mol. The lowest BCUT2D eigenvalue weighted by molar-refractivity contribution is 0.103. The Kier molecular flexibility index (Phi) is 4.44. The quantitative estimate of drug-likeness (QED) is 0.695. The van der Waals surface area contributed by atoms with Crippen LogP contribution in [0, 0.1) is 6.92 Å². The van der Waals surface area contributed by atoms with Gasteiger partial charge >= 0.3 is 0 Å². The lowest BCUT2D eigenvalue weighted by atomic mass is 10.2. The van der Waals surface area contributed by atoms with E-state index in [1.54, 1.807) is 36.7 Å². The number of rotatable bonds is 3. The van der Waals surface area contributed by atoms with Crippen LogP contribution in [-0.4, -0.2) is 15.9 Å². The van der Waals surface area contributed by atoms with Crippen molar-refractivity contribution in [2.75, 3.05) is 5.32 Å². The van der Waals surface area contributed by atoms with Crippen molar-refractivity contribution in [2.45, 2.75) is 6.92 Å². The number of aromatic nitrogens is 2. The highest BCUT2D eigenvalue weighted by Crippen LogP contribution is 2.38. The van der Waals surface area contributed by atoms with Gasteiger partial charge in [-0.3, -0.25) is 10.1 Å². The van der Waals surface area contributed by atoms with E-state index in [0.717, 1.165) is 0 Å². The van der Waals surface area contributed by atoms with E-state index in [1.165, 1.54) is 22.7 Å². The standard InChI is InChI=1S/C14H9Cl2N3OS2/c1-7-11(12(20)19-14-17-5-6-21-14)22-13(18-7)10-8(15)3-2-4-9(10)16/h2-6H,1H3,(H,17,19,20). The molecule has 3 aromatic rings. The Hall–Kier alpha value is -1.47. The van der Waals surface area contributed by atoms with Crippen molar-refractivity contribution in [1.82, 2.24) is 9.97 Å². The number of carbonyl (C=O) groups excluding carboxylic acids is 1. The minimum atomic E-state index is -0.237. The van der Waals surface area contributed by atoms with Crippen molar-refractivity contribution in [3.8, 4) is 10.6 Å². The van der Waals surface area contributed by atoms with Crippen LogP contribution in [-0.2, 0) is 0 Å². The number of hydrogen-bond acceptors (Lipinski definition) is 5. The minimum Gasteiger partial charge on any atom is -0.297 e. The molecule has 8 heteroatoms. The van der Waals surface area contributed by atoms with Crippen molar-refractivity contribution in [2.24, 2.45) is 0 Å². The number of thiazole rings is 2. The molecular weight excluding hydrogens is 361 g/mol. The average molecular weight is 370 g/mol. The summed E-state index contributed by atoms with van der Waals surface area (Å²) in [5, 5.41) is 6.73. The van der Waals surface area contributed by atoms with Crippen molar-refractivity contribution in [3.63, 3.8) is 0 Å². The second-order valence-corrected chi connectivity index (χ2v) is 7.03. The molecular formula is C14H9Cl2N3OS2. The van der Waals surface area contributed by atoms with Crippen LogP contribution in [0.15, 0.2) is 29.8 Å². The third-order valence-corrected chi connectivity index (χ3v) is 5.32. The van der Waals surface area contributed by atoms with E-state index < -0.39 is 0 Å². The van der Waals surface area contributed by atoms with Gasteiger partial charge in [-0.2, -0.15) is 0 Å². The molecule has 0 radical (unpaired) electrons. The maximum Gasteiger partial charge on any atom is 0.269 e. The molecule has 1 aromatic carbocycles. The molecule has 1 N–H and O–H groups in total. The van der Waals surface area contributed by atoms with E-state index in [9.17, 15) is 4.79 Å². The highest BCUT2D eigenvalue weighted by Gasteiger charge is 2.19. The normalized spacial score (nSPS) is 10.7. The summed E-state index contributed by atoms with van der Waals surface area (Å²) in [6, 6.07) is 5.26. The summed E-state index contributed by atoms with van der Waals surface area (Å²) in [6.07, 6.45) is 1.63. The Labute approximate surface area is 144 Å². The van der Waals surface area contributed by atoms with E-state index in [-0.39, 0.29) is 5.91 Å². The largest absolute Gasteiger partial charge is 0.297 e. The summed E-state index contributed by atoms with van der Waals surface area (Å²) < 4.78 is 0. The summed E-state index contributed by atoms with van der Waals surface area (Å²) in [5.41, 5.74) is 1.28. The van der Waals surface area contributed by atoms with Crippen LogP contribution >= 0.6 is 45.9 Å². The van der Waals surface area contributed by atoms with Gasteiger partial charge < -0.3 is 0 Å². The zero-order valence-corrected chi connectivity index (χ0v) is 14.4. The molecule has 0 saturated heterocycles. The lowest BCUT2D eigenvalue weighted by Gasteiger charge is -2.02. The van der Waals surface area contributed by atoms with Crippen molar-refractivity contribution in [1.29, 1.82) is 0 Å². The van der Waals surface area contributed by atoms with E-state index in [4.69, 9.17) is 23.2 Å². The first-order valence-electron chi connectivity index (χ1n) is 6.19.